The zero-order valence-corrected chi connectivity index (χ0v) is 23.8. The molecule has 1 aliphatic heterocycles. The lowest BCUT2D eigenvalue weighted by Crippen LogP contribution is -2.22. The Hall–Kier alpha value is -4.35. The van der Waals surface area contributed by atoms with Crippen molar-refractivity contribution in [1.82, 2.24) is 0 Å². The highest BCUT2D eigenvalue weighted by molar-refractivity contribution is 6.32. The van der Waals surface area contributed by atoms with Crippen LogP contribution in [0.4, 0.5) is 0 Å². The lowest BCUT2D eigenvalue weighted by molar-refractivity contribution is -0.136. The summed E-state index contributed by atoms with van der Waals surface area (Å²) >= 11 is 6.20. The van der Waals surface area contributed by atoms with Crippen LogP contribution in [-0.2, 0) is 4.79 Å². The first-order valence-electron chi connectivity index (χ1n) is 12.7. The number of methoxy groups -OCH3 is 1. The molecule has 1 atom stereocenters. The SMILES string of the molecule is COc1cc(C2C(C#N)=C(N)Oc3cc(OC(=O)COc4cc(C)c(Cl)c(C)c4)ccc32)ccc1OCC(C)C. The van der Waals surface area contributed by atoms with E-state index >= 15 is 0 Å². The van der Waals surface area contributed by atoms with Crippen LogP contribution >= 0.6 is 11.6 Å². The number of ether oxygens (including phenoxy) is 5. The number of carbonyl (C=O) groups is 1. The molecular formula is C31H31ClN2O6. The third-order valence-corrected chi connectivity index (χ3v) is 6.88. The van der Waals surface area contributed by atoms with Crippen molar-refractivity contribution in [2.75, 3.05) is 20.3 Å². The first kappa shape index (κ1) is 28.7. The number of halogens is 1. The van der Waals surface area contributed by atoms with Crippen molar-refractivity contribution in [3.8, 4) is 34.8 Å². The molecule has 40 heavy (non-hydrogen) atoms. The van der Waals surface area contributed by atoms with Gasteiger partial charge in [0.2, 0.25) is 5.88 Å². The average Bonchev–Trinajstić information content (AvgIpc) is 2.92. The number of aryl methyl sites for hydroxylation is 2. The van der Waals surface area contributed by atoms with Gasteiger partial charge in [0.25, 0.3) is 0 Å². The molecule has 0 aromatic heterocycles. The first-order chi connectivity index (χ1) is 19.1. The number of nitrogens with zero attached hydrogens (tertiary/aromatic N) is 1. The number of allylic oxidation sites excluding steroid dienone is 1. The van der Waals surface area contributed by atoms with E-state index in [9.17, 15) is 10.1 Å². The molecule has 0 radical (unpaired) electrons. The minimum absolute atomic E-state index is 0.0283. The van der Waals surface area contributed by atoms with E-state index in [0.717, 1.165) is 16.7 Å². The number of esters is 1. The predicted octanol–water partition coefficient (Wildman–Crippen LogP) is 6.20. The average molecular weight is 563 g/mol. The molecule has 0 spiro atoms. The number of benzene rings is 3. The van der Waals surface area contributed by atoms with E-state index in [-0.39, 0.29) is 23.8 Å². The van der Waals surface area contributed by atoms with Gasteiger partial charge in [0, 0.05) is 16.7 Å². The number of rotatable bonds is 9. The Bertz CT molecular complexity index is 1490. The minimum atomic E-state index is -0.597. The summed E-state index contributed by atoms with van der Waals surface area (Å²) in [7, 11) is 1.56. The molecule has 0 fully saturated rings. The maximum atomic E-state index is 12.5. The maximum absolute atomic E-state index is 12.5. The fraction of sp³-hybridized carbons (Fsp3) is 0.290. The van der Waals surface area contributed by atoms with Gasteiger partial charge in [-0.05, 0) is 66.8 Å². The van der Waals surface area contributed by atoms with Gasteiger partial charge in [-0.25, -0.2) is 4.79 Å². The first-order valence-corrected chi connectivity index (χ1v) is 13.1. The quantitative estimate of drug-likeness (QED) is 0.242. The van der Waals surface area contributed by atoms with Crippen molar-refractivity contribution in [2.45, 2.75) is 33.6 Å². The van der Waals surface area contributed by atoms with E-state index in [1.54, 1.807) is 37.4 Å². The van der Waals surface area contributed by atoms with Crippen molar-refractivity contribution >= 4 is 17.6 Å². The van der Waals surface area contributed by atoms with Crippen LogP contribution in [0.25, 0.3) is 0 Å². The molecule has 1 aliphatic rings. The summed E-state index contributed by atoms with van der Waals surface area (Å²) in [6.45, 7) is 8.09. The van der Waals surface area contributed by atoms with E-state index in [2.05, 4.69) is 19.9 Å². The third kappa shape index (κ3) is 6.27. The van der Waals surface area contributed by atoms with Crippen molar-refractivity contribution in [3.63, 3.8) is 0 Å². The second-order valence-electron chi connectivity index (χ2n) is 9.87. The molecular weight excluding hydrogens is 532 g/mol. The van der Waals surface area contributed by atoms with Crippen molar-refractivity contribution in [3.05, 3.63) is 87.3 Å². The second-order valence-corrected chi connectivity index (χ2v) is 10.3. The number of carbonyl (C=O) groups excluding carboxylic acids is 1. The van der Waals surface area contributed by atoms with Gasteiger partial charge in [0.1, 0.15) is 28.9 Å². The van der Waals surface area contributed by atoms with Gasteiger partial charge in [-0.1, -0.05) is 37.6 Å². The molecule has 0 aliphatic carbocycles. The van der Waals surface area contributed by atoms with Gasteiger partial charge >= 0.3 is 5.97 Å². The Kier molecular flexibility index (Phi) is 8.76. The number of fused-ring (bicyclic) bond motifs is 1. The largest absolute Gasteiger partial charge is 0.493 e. The Morgan fingerprint density at radius 3 is 2.42 bits per heavy atom. The molecule has 0 saturated carbocycles. The molecule has 9 heteroatoms. The molecule has 208 valence electrons. The number of nitrogens with two attached hydrogens (primary N) is 1. The fourth-order valence-corrected chi connectivity index (χ4v) is 4.48. The molecule has 1 unspecified atom stereocenters. The van der Waals surface area contributed by atoms with E-state index in [1.807, 2.05) is 32.0 Å². The standard InChI is InChI=1S/C31H31ClN2O6/c1-17(2)15-38-25-9-6-20(12-27(25)36-5)29-23-8-7-21(13-26(23)40-31(34)24(29)14-33)39-28(35)16-37-22-10-18(3)30(32)19(4)11-22/h6-13,17,29H,15-16,34H2,1-5H3. The van der Waals surface area contributed by atoms with Gasteiger partial charge in [-0.15, -0.1) is 0 Å². The van der Waals surface area contributed by atoms with Crippen LogP contribution in [-0.4, -0.2) is 26.3 Å². The summed E-state index contributed by atoms with van der Waals surface area (Å²) in [5.74, 6) is 1.49. The van der Waals surface area contributed by atoms with Gasteiger partial charge in [0.15, 0.2) is 18.1 Å². The molecule has 3 aromatic rings. The smallest absolute Gasteiger partial charge is 0.349 e. The molecule has 0 saturated heterocycles. The van der Waals surface area contributed by atoms with Crippen LogP contribution < -0.4 is 29.4 Å². The van der Waals surface area contributed by atoms with E-state index in [0.29, 0.717) is 46.1 Å². The molecule has 8 nitrogen and oxygen atoms in total. The molecule has 4 rings (SSSR count). The van der Waals surface area contributed by atoms with Gasteiger partial charge in [0.05, 0.1) is 19.6 Å². The lowest BCUT2D eigenvalue weighted by Gasteiger charge is -2.27. The highest BCUT2D eigenvalue weighted by Crippen LogP contribution is 2.45. The van der Waals surface area contributed by atoms with Crippen LogP contribution in [0.1, 0.15) is 42.0 Å². The van der Waals surface area contributed by atoms with Crippen LogP contribution in [0.5, 0.6) is 28.7 Å². The van der Waals surface area contributed by atoms with Gasteiger partial charge < -0.3 is 29.4 Å². The third-order valence-electron chi connectivity index (χ3n) is 6.28. The number of hydrogen-bond acceptors (Lipinski definition) is 8. The summed E-state index contributed by atoms with van der Waals surface area (Å²) < 4.78 is 28.3. The monoisotopic (exact) mass is 562 g/mol. The molecule has 1 heterocycles. The van der Waals surface area contributed by atoms with Crippen LogP contribution in [0.3, 0.4) is 0 Å². The minimum Gasteiger partial charge on any atom is -0.493 e. The predicted molar refractivity (Wildman–Crippen MR) is 151 cm³/mol. The summed E-state index contributed by atoms with van der Waals surface area (Å²) in [5.41, 5.74) is 9.57. The Morgan fingerprint density at radius 2 is 1.77 bits per heavy atom. The maximum Gasteiger partial charge on any atom is 0.349 e. The fourth-order valence-electron chi connectivity index (χ4n) is 4.37. The van der Waals surface area contributed by atoms with Gasteiger partial charge in [-0.3, -0.25) is 0 Å². The summed E-state index contributed by atoms with van der Waals surface area (Å²) in [4.78, 5) is 12.5. The van der Waals surface area contributed by atoms with Crippen LogP contribution in [0.2, 0.25) is 5.02 Å². The zero-order chi connectivity index (χ0) is 29.0. The van der Waals surface area contributed by atoms with E-state index in [4.69, 9.17) is 41.0 Å². The highest BCUT2D eigenvalue weighted by atomic mass is 35.5. The number of hydrogen-bond donors (Lipinski definition) is 1. The zero-order valence-electron chi connectivity index (χ0n) is 23.0. The summed E-state index contributed by atoms with van der Waals surface area (Å²) in [6.07, 6.45) is 0. The Labute approximate surface area is 238 Å². The van der Waals surface area contributed by atoms with Gasteiger partial charge in [-0.2, -0.15) is 5.26 Å². The normalized spacial score (nSPS) is 14.2. The summed E-state index contributed by atoms with van der Waals surface area (Å²) in [5, 5.41) is 10.6. The molecule has 0 amide bonds. The van der Waals surface area contributed by atoms with Crippen molar-refractivity contribution in [2.24, 2.45) is 11.7 Å². The molecule has 0 bridgehead atoms. The van der Waals surface area contributed by atoms with Crippen molar-refractivity contribution in [1.29, 1.82) is 5.26 Å². The van der Waals surface area contributed by atoms with E-state index < -0.39 is 11.9 Å². The summed E-state index contributed by atoms with van der Waals surface area (Å²) in [6, 6.07) is 16.1. The highest BCUT2D eigenvalue weighted by Gasteiger charge is 2.32. The lowest BCUT2D eigenvalue weighted by atomic mass is 9.83. The van der Waals surface area contributed by atoms with Crippen LogP contribution in [0, 0.1) is 31.1 Å². The second kappa shape index (κ2) is 12.2. The van der Waals surface area contributed by atoms with E-state index in [1.165, 1.54) is 0 Å². The topological polar surface area (TPSA) is 113 Å². The molecule has 2 N–H and O–H groups in total. The molecule has 3 aromatic carbocycles. The Morgan fingerprint density at radius 1 is 1.05 bits per heavy atom. The van der Waals surface area contributed by atoms with Crippen molar-refractivity contribution < 1.29 is 28.5 Å². The van der Waals surface area contributed by atoms with Crippen LogP contribution in [0.15, 0.2) is 60.0 Å². The number of nitriles is 1. The Balaban J connectivity index is 1.55.